The first-order valence-corrected chi connectivity index (χ1v) is 7.39. The van der Waals surface area contributed by atoms with Gasteiger partial charge in [-0.05, 0) is 25.0 Å². The number of likely N-dealkylation sites (N-methyl/N-ethyl adjacent to an activating group) is 1. The molecule has 1 aliphatic heterocycles. The second-order valence-electron chi connectivity index (χ2n) is 5.37. The number of benzene rings is 1. The molecule has 1 saturated heterocycles. The van der Waals surface area contributed by atoms with E-state index in [2.05, 4.69) is 5.16 Å². The second-order valence-corrected chi connectivity index (χ2v) is 5.37. The van der Waals surface area contributed by atoms with Crippen molar-refractivity contribution in [3.63, 3.8) is 0 Å². The smallest absolute Gasteiger partial charge is 0.361 e. The molecule has 8 nitrogen and oxygen atoms in total. The molecule has 1 aliphatic rings. The molecule has 0 aromatic heterocycles. The fraction of sp³-hybridized carbons (Fsp3) is 0.375. The Morgan fingerprint density at radius 3 is 2.40 bits per heavy atom. The number of oxime groups is 1. The van der Waals surface area contributed by atoms with Gasteiger partial charge in [-0.25, -0.2) is 9.59 Å². The fourth-order valence-electron chi connectivity index (χ4n) is 2.35. The maximum atomic E-state index is 12.6. The van der Waals surface area contributed by atoms with E-state index >= 15 is 0 Å². The van der Waals surface area contributed by atoms with Crippen LogP contribution < -0.4 is 0 Å². The lowest BCUT2D eigenvalue weighted by molar-refractivity contribution is -0.182. The van der Waals surface area contributed by atoms with Crippen LogP contribution in [-0.2, 0) is 24.8 Å². The summed E-state index contributed by atoms with van der Waals surface area (Å²) in [5, 5.41) is 4.26. The number of amides is 3. The van der Waals surface area contributed by atoms with Crippen molar-refractivity contribution in [1.29, 1.82) is 0 Å². The van der Waals surface area contributed by atoms with Gasteiger partial charge in [-0.15, -0.1) is 12.4 Å². The lowest BCUT2D eigenvalue weighted by Gasteiger charge is -2.28. The standard InChI is InChI=1S/C16H19N3O5.ClH/c1-5-23-17-10-12-6-8-13(9-7-12)16(3)14(21)19(24-11(2)20)15(22)18(16)4;/h6-10H,5H2,1-4H3;1H/t16-;/m1./s1. The first-order valence-electron chi connectivity index (χ1n) is 7.39. The highest BCUT2D eigenvalue weighted by Gasteiger charge is 2.55. The lowest BCUT2D eigenvalue weighted by Crippen LogP contribution is -2.42. The van der Waals surface area contributed by atoms with Gasteiger partial charge in [0.25, 0.3) is 5.91 Å². The monoisotopic (exact) mass is 369 g/mol. The summed E-state index contributed by atoms with van der Waals surface area (Å²) in [5.74, 6) is -1.36. The van der Waals surface area contributed by atoms with Crippen LogP contribution in [0.15, 0.2) is 29.4 Å². The highest BCUT2D eigenvalue weighted by atomic mass is 35.5. The molecule has 0 spiro atoms. The molecule has 1 fully saturated rings. The highest BCUT2D eigenvalue weighted by molar-refractivity contribution is 6.06. The van der Waals surface area contributed by atoms with E-state index in [0.717, 1.165) is 12.5 Å². The zero-order chi connectivity index (χ0) is 17.9. The van der Waals surface area contributed by atoms with E-state index < -0.39 is 23.4 Å². The van der Waals surface area contributed by atoms with Gasteiger partial charge in [-0.2, -0.15) is 0 Å². The van der Waals surface area contributed by atoms with Crippen molar-refractivity contribution in [2.24, 2.45) is 5.16 Å². The Balaban J connectivity index is 0.00000312. The molecule has 9 heteroatoms. The summed E-state index contributed by atoms with van der Waals surface area (Å²) in [7, 11) is 1.48. The van der Waals surface area contributed by atoms with Crippen molar-refractivity contribution in [3.8, 4) is 0 Å². The van der Waals surface area contributed by atoms with Gasteiger partial charge >= 0.3 is 12.0 Å². The Morgan fingerprint density at radius 2 is 1.88 bits per heavy atom. The van der Waals surface area contributed by atoms with Crippen LogP contribution in [0.25, 0.3) is 0 Å². The van der Waals surface area contributed by atoms with E-state index in [4.69, 9.17) is 9.68 Å². The number of hydrogen-bond acceptors (Lipinski definition) is 6. The summed E-state index contributed by atoms with van der Waals surface area (Å²) in [6.07, 6.45) is 1.55. The van der Waals surface area contributed by atoms with Crippen LogP contribution in [-0.4, -0.2) is 47.7 Å². The van der Waals surface area contributed by atoms with Gasteiger partial charge in [0.1, 0.15) is 12.1 Å². The van der Waals surface area contributed by atoms with Crippen molar-refractivity contribution < 1.29 is 24.1 Å². The SMILES string of the molecule is CCON=Cc1ccc([C@]2(C)C(=O)N(OC(C)=O)C(=O)N2C)cc1.Cl. The number of imide groups is 1. The van der Waals surface area contributed by atoms with Crippen LogP contribution in [0.2, 0.25) is 0 Å². The summed E-state index contributed by atoms with van der Waals surface area (Å²) in [6, 6.07) is 6.24. The van der Waals surface area contributed by atoms with E-state index in [9.17, 15) is 14.4 Å². The van der Waals surface area contributed by atoms with Gasteiger partial charge in [-0.1, -0.05) is 34.5 Å². The van der Waals surface area contributed by atoms with E-state index in [0.29, 0.717) is 17.2 Å². The predicted octanol–water partition coefficient (Wildman–Crippen LogP) is 2.07. The molecule has 1 heterocycles. The molecule has 136 valence electrons. The minimum absolute atomic E-state index is 0. The molecular weight excluding hydrogens is 350 g/mol. The van der Waals surface area contributed by atoms with Crippen LogP contribution >= 0.6 is 12.4 Å². The summed E-state index contributed by atoms with van der Waals surface area (Å²) in [5.41, 5.74) is 0.112. The number of carbonyl (C=O) groups is 3. The number of rotatable bonds is 5. The van der Waals surface area contributed by atoms with Crippen LogP contribution in [0.1, 0.15) is 31.9 Å². The van der Waals surface area contributed by atoms with E-state index in [1.807, 2.05) is 6.92 Å². The largest absolute Gasteiger partial charge is 0.396 e. The number of nitrogens with zero attached hydrogens (tertiary/aromatic N) is 3. The van der Waals surface area contributed by atoms with Crippen molar-refractivity contribution in [3.05, 3.63) is 35.4 Å². The summed E-state index contributed by atoms with van der Waals surface area (Å²) in [4.78, 5) is 46.8. The molecule has 0 bridgehead atoms. The minimum Gasteiger partial charge on any atom is -0.396 e. The normalized spacial score (nSPS) is 20.0. The second kappa shape index (κ2) is 7.98. The number of hydroxylamine groups is 2. The minimum atomic E-state index is -1.26. The average Bonchev–Trinajstić information content (AvgIpc) is 2.72. The molecule has 1 aromatic rings. The molecule has 0 unspecified atom stereocenters. The Hall–Kier alpha value is -2.61. The molecule has 1 atom stereocenters. The molecule has 2 rings (SSSR count). The van der Waals surface area contributed by atoms with Crippen molar-refractivity contribution >= 4 is 36.5 Å². The Bertz CT molecular complexity index is 692. The van der Waals surface area contributed by atoms with Crippen molar-refractivity contribution in [2.75, 3.05) is 13.7 Å². The maximum absolute atomic E-state index is 12.6. The number of urea groups is 1. The van der Waals surface area contributed by atoms with Crippen molar-refractivity contribution in [1.82, 2.24) is 9.96 Å². The van der Waals surface area contributed by atoms with Crippen LogP contribution in [0.5, 0.6) is 0 Å². The zero-order valence-electron chi connectivity index (χ0n) is 14.4. The van der Waals surface area contributed by atoms with Gasteiger partial charge in [0, 0.05) is 14.0 Å². The number of hydrogen-bond donors (Lipinski definition) is 0. The van der Waals surface area contributed by atoms with Crippen LogP contribution in [0.3, 0.4) is 0 Å². The number of halogens is 1. The highest BCUT2D eigenvalue weighted by Crippen LogP contribution is 2.36. The fourth-order valence-corrected chi connectivity index (χ4v) is 2.35. The Morgan fingerprint density at radius 1 is 1.28 bits per heavy atom. The van der Waals surface area contributed by atoms with Crippen molar-refractivity contribution in [2.45, 2.75) is 26.3 Å². The topological polar surface area (TPSA) is 88.5 Å². The molecule has 25 heavy (non-hydrogen) atoms. The third-order valence-corrected chi connectivity index (χ3v) is 3.83. The summed E-state index contributed by atoms with van der Waals surface area (Å²) >= 11 is 0. The van der Waals surface area contributed by atoms with Crippen LogP contribution in [0, 0.1) is 0 Å². The van der Waals surface area contributed by atoms with E-state index in [1.165, 1.54) is 11.9 Å². The Labute approximate surface area is 151 Å². The van der Waals surface area contributed by atoms with Gasteiger partial charge in [-0.3, -0.25) is 4.79 Å². The van der Waals surface area contributed by atoms with E-state index in [1.54, 1.807) is 37.4 Å². The van der Waals surface area contributed by atoms with Gasteiger partial charge in [0.15, 0.2) is 0 Å². The van der Waals surface area contributed by atoms with E-state index in [-0.39, 0.29) is 12.4 Å². The lowest BCUT2D eigenvalue weighted by atomic mass is 9.90. The molecule has 1 aromatic carbocycles. The molecule has 0 radical (unpaired) electrons. The van der Waals surface area contributed by atoms with Gasteiger partial charge in [0.2, 0.25) is 0 Å². The average molecular weight is 370 g/mol. The first-order chi connectivity index (χ1) is 11.3. The summed E-state index contributed by atoms with van der Waals surface area (Å²) < 4.78 is 0. The summed E-state index contributed by atoms with van der Waals surface area (Å²) in [6.45, 7) is 5.03. The zero-order valence-corrected chi connectivity index (χ0v) is 15.2. The molecular formula is C16H20ClN3O5. The maximum Gasteiger partial charge on any atom is 0.361 e. The van der Waals surface area contributed by atoms with Gasteiger partial charge < -0.3 is 14.6 Å². The predicted molar refractivity (Wildman–Crippen MR) is 92.0 cm³/mol. The van der Waals surface area contributed by atoms with Gasteiger partial charge in [0.05, 0.1) is 6.21 Å². The molecule has 3 amide bonds. The first kappa shape index (κ1) is 20.4. The Kier molecular flexibility index (Phi) is 6.52. The molecule has 0 saturated carbocycles. The third-order valence-electron chi connectivity index (χ3n) is 3.83. The molecule has 0 aliphatic carbocycles. The quantitative estimate of drug-likeness (QED) is 0.450. The third kappa shape index (κ3) is 3.74. The number of carbonyl (C=O) groups excluding carboxylic acids is 3. The molecule has 0 N–H and O–H groups in total. The van der Waals surface area contributed by atoms with Crippen LogP contribution in [0.4, 0.5) is 4.79 Å².